The fraction of sp³-hybridized carbons (Fsp3) is 0.178. The minimum absolute atomic E-state index is 0.0201. The zero-order chi connectivity index (χ0) is 51.8. The Morgan fingerprint density at radius 2 is 0.868 bits per heavy atom. The summed E-state index contributed by atoms with van der Waals surface area (Å²) >= 11 is 0. The Labute approximate surface area is 445 Å². The second kappa shape index (κ2) is 15.4. The van der Waals surface area contributed by atoms with E-state index in [2.05, 4.69) is 261 Å². The Bertz CT molecular complexity index is 4450. The summed E-state index contributed by atoms with van der Waals surface area (Å²) in [7, 11) is 0. The molecule has 0 fully saturated rings. The summed E-state index contributed by atoms with van der Waals surface area (Å²) < 4.78 is 13.4. The van der Waals surface area contributed by atoms with E-state index >= 15 is 0 Å². The highest BCUT2D eigenvalue weighted by molar-refractivity contribution is 6.19. The molecule has 0 saturated heterocycles. The number of benzene rings is 10. The Hall–Kier alpha value is -8.40. The first-order valence-corrected chi connectivity index (χ1v) is 27.1. The van der Waals surface area contributed by atoms with Gasteiger partial charge in [0.05, 0.1) is 0 Å². The molecule has 0 saturated carbocycles. The predicted molar refractivity (Wildman–Crippen MR) is 318 cm³/mol. The largest absolute Gasteiger partial charge is 0.456 e. The normalized spacial score (nSPS) is 15.2. The zero-order valence-corrected chi connectivity index (χ0v) is 44.7. The molecule has 10 aromatic carbocycles. The number of furan rings is 2. The van der Waals surface area contributed by atoms with Gasteiger partial charge in [-0.05, 0) is 173 Å². The number of fused-ring (bicyclic) bond motifs is 17. The first kappa shape index (κ1) is 45.0. The van der Waals surface area contributed by atoms with Crippen molar-refractivity contribution in [1.29, 1.82) is 0 Å². The maximum absolute atomic E-state index is 6.95. The Kier molecular flexibility index (Phi) is 9.10. The van der Waals surface area contributed by atoms with E-state index in [1.165, 1.54) is 99.6 Å². The van der Waals surface area contributed by atoms with Crippen molar-refractivity contribution in [2.24, 2.45) is 0 Å². The minimum atomic E-state index is -0.330. The van der Waals surface area contributed by atoms with Crippen molar-refractivity contribution in [3.05, 3.63) is 233 Å². The van der Waals surface area contributed by atoms with E-state index in [-0.39, 0.29) is 21.7 Å². The smallest absolute Gasteiger partial charge is 0.143 e. The molecule has 2 aromatic heterocycles. The molecule has 15 rings (SSSR count). The molecule has 12 aromatic rings. The van der Waals surface area contributed by atoms with Crippen LogP contribution in [0.4, 0.5) is 17.1 Å². The highest BCUT2D eigenvalue weighted by Gasteiger charge is 2.44. The monoisotopic (exact) mass is 981 g/mol. The van der Waals surface area contributed by atoms with Crippen LogP contribution in [0.2, 0.25) is 0 Å². The van der Waals surface area contributed by atoms with Crippen molar-refractivity contribution in [3.63, 3.8) is 0 Å². The molecule has 3 heteroatoms. The molecular weight excluding hydrogens is 923 g/mol. The van der Waals surface area contributed by atoms with E-state index in [4.69, 9.17) is 8.83 Å². The third kappa shape index (κ3) is 6.17. The van der Waals surface area contributed by atoms with Crippen LogP contribution in [0.1, 0.15) is 101 Å². The van der Waals surface area contributed by atoms with Crippen LogP contribution < -0.4 is 4.90 Å². The van der Waals surface area contributed by atoms with Crippen molar-refractivity contribution in [1.82, 2.24) is 0 Å². The van der Waals surface area contributed by atoms with Crippen LogP contribution >= 0.6 is 0 Å². The fourth-order valence-electron chi connectivity index (χ4n) is 13.9. The van der Waals surface area contributed by atoms with Gasteiger partial charge in [0.1, 0.15) is 22.3 Å². The number of nitrogens with zero attached hydrogens (tertiary/aromatic N) is 1. The second-order valence-electron chi connectivity index (χ2n) is 24.5. The maximum Gasteiger partial charge on any atom is 0.143 e. The SMILES string of the molecule is CC(C)(C)c1ccc(N(c2ccc3c(c2)C(C)(C)c2cc4c(cc2-3)C(C)(C)c2ccc3oc5ccccc5c3c2-4)c2ccc3c(c2)C(C)(C)c2cc(-c4cccc(-c5ccccc5)c4)c4oc5ccccc5c4c2-3)cc1. The van der Waals surface area contributed by atoms with Gasteiger partial charge in [0.25, 0.3) is 0 Å². The molecule has 76 heavy (non-hydrogen) atoms. The summed E-state index contributed by atoms with van der Waals surface area (Å²) in [6.07, 6.45) is 0. The van der Waals surface area contributed by atoms with E-state index in [9.17, 15) is 0 Å². The molecule has 0 atom stereocenters. The Morgan fingerprint density at radius 3 is 1.59 bits per heavy atom. The van der Waals surface area contributed by atoms with Gasteiger partial charge < -0.3 is 13.7 Å². The van der Waals surface area contributed by atoms with Crippen LogP contribution in [-0.4, -0.2) is 0 Å². The molecule has 0 amide bonds. The van der Waals surface area contributed by atoms with E-state index in [0.29, 0.717) is 0 Å². The number of rotatable bonds is 5. The average molecular weight is 982 g/mol. The summed E-state index contributed by atoms with van der Waals surface area (Å²) in [6, 6.07) is 72.4. The van der Waals surface area contributed by atoms with Crippen molar-refractivity contribution >= 4 is 60.9 Å². The Morgan fingerprint density at radius 1 is 0.342 bits per heavy atom. The van der Waals surface area contributed by atoms with Crippen LogP contribution in [0.5, 0.6) is 0 Å². The number of hydrogen-bond acceptors (Lipinski definition) is 3. The van der Waals surface area contributed by atoms with Gasteiger partial charge in [-0.1, -0.05) is 178 Å². The third-order valence-corrected chi connectivity index (χ3v) is 18.0. The van der Waals surface area contributed by atoms with Crippen LogP contribution in [0.15, 0.2) is 203 Å². The van der Waals surface area contributed by atoms with E-state index in [0.717, 1.165) is 55.9 Å². The maximum atomic E-state index is 6.95. The quantitative estimate of drug-likeness (QED) is 0.172. The lowest BCUT2D eigenvalue weighted by Gasteiger charge is -2.30. The van der Waals surface area contributed by atoms with Gasteiger partial charge in [0, 0.05) is 60.4 Å². The molecular formula is C73H59NO2. The molecule has 0 radical (unpaired) electrons. The van der Waals surface area contributed by atoms with Gasteiger partial charge in [-0.15, -0.1) is 0 Å². The van der Waals surface area contributed by atoms with Gasteiger partial charge in [-0.3, -0.25) is 0 Å². The van der Waals surface area contributed by atoms with Crippen molar-refractivity contribution in [2.75, 3.05) is 4.90 Å². The minimum Gasteiger partial charge on any atom is -0.456 e. The molecule has 0 N–H and O–H groups in total. The van der Waals surface area contributed by atoms with Crippen LogP contribution in [-0.2, 0) is 21.7 Å². The number of para-hydroxylation sites is 2. The van der Waals surface area contributed by atoms with Crippen molar-refractivity contribution in [3.8, 4) is 55.6 Å². The lowest BCUT2D eigenvalue weighted by Crippen LogP contribution is -2.18. The molecule has 2 heterocycles. The Balaban J connectivity index is 0.889. The summed E-state index contributed by atoms with van der Waals surface area (Å²) in [4.78, 5) is 2.49. The first-order chi connectivity index (χ1) is 36.6. The van der Waals surface area contributed by atoms with Gasteiger partial charge in [0.2, 0.25) is 0 Å². The summed E-state index contributed by atoms with van der Waals surface area (Å²) in [5.74, 6) is 0. The molecule has 3 aliphatic carbocycles. The molecule has 0 unspecified atom stereocenters. The van der Waals surface area contributed by atoms with Crippen LogP contribution in [0, 0.1) is 0 Å². The van der Waals surface area contributed by atoms with Crippen molar-refractivity contribution < 1.29 is 8.83 Å². The molecule has 368 valence electrons. The lowest BCUT2D eigenvalue weighted by atomic mass is 9.79. The highest BCUT2D eigenvalue weighted by Crippen LogP contribution is 2.60. The molecule has 0 spiro atoms. The van der Waals surface area contributed by atoms with Gasteiger partial charge in [-0.2, -0.15) is 0 Å². The average Bonchev–Trinajstić information content (AvgIpc) is 4.25. The molecule has 0 aliphatic heterocycles. The lowest BCUT2D eigenvalue weighted by molar-refractivity contribution is 0.590. The predicted octanol–water partition coefficient (Wildman–Crippen LogP) is 20.5. The summed E-state index contributed by atoms with van der Waals surface area (Å²) in [5, 5.41) is 4.73. The summed E-state index contributed by atoms with van der Waals surface area (Å²) in [5.41, 5.74) is 28.2. The van der Waals surface area contributed by atoms with Crippen LogP contribution in [0.25, 0.3) is 99.5 Å². The fourth-order valence-corrected chi connectivity index (χ4v) is 13.9. The topological polar surface area (TPSA) is 29.5 Å². The van der Waals surface area contributed by atoms with E-state index in [1.54, 1.807) is 0 Å². The van der Waals surface area contributed by atoms with Crippen molar-refractivity contribution in [2.45, 2.75) is 84.0 Å². The van der Waals surface area contributed by atoms with E-state index in [1.807, 2.05) is 0 Å². The molecule has 3 aliphatic rings. The number of anilines is 3. The van der Waals surface area contributed by atoms with Gasteiger partial charge >= 0.3 is 0 Å². The zero-order valence-electron chi connectivity index (χ0n) is 44.7. The number of hydrogen-bond donors (Lipinski definition) is 0. The second-order valence-corrected chi connectivity index (χ2v) is 24.5. The summed E-state index contributed by atoms with van der Waals surface area (Å²) in [6.45, 7) is 21.3. The standard InChI is InChI=1S/C73H59NO2/c1-70(2,3)45-26-28-46(29-27-45)74(47-30-32-49-54-40-60-55(41-59(54)72(6,7)57(49)37-47)66-56(71(60,4)5)34-35-64-67(66)51-22-13-15-24-62(51)75-64)48-31-33-50-58(38-48)73(8,9)61-39-53(44-21-17-20-43(36-44)42-18-11-10-12-19-42)69-68(65(50)61)52-23-14-16-25-63(52)76-69/h10-41H,1-9H3. The van der Waals surface area contributed by atoms with Gasteiger partial charge in [0.15, 0.2) is 0 Å². The molecule has 0 bridgehead atoms. The van der Waals surface area contributed by atoms with E-state index < -0.39 is 0 Å². The molecule has 3 nitrogen and oxygen atoms in total. The van der Waals surface area contributed by atoms with Gasteiger partial charge in [-0.25, -0.2) is 0 Å². The highest BCUT2D eigenvalue weighted by atomic mass is 16.3. The first-order valence-electron chi connectivity index (χ1n) is 27.1. The third-order valence-electron chi connectivity index (χ3n) is 18.0. The van der Waals surface area contributed by atoms with Crippen LogP contribution in [0.3, 0.4) is 0 Å².